The summed E-state index contributed by atoms with van der Waals surface area (Å²) >= 11 is 0. The van der Waals surface area contributed by atoms with E-state index in [1.807, 2.05) is 38.1 Å². The highest BCUT2D eigenvalue weighted by molar-refractivity contribution is 6.00. The monoisotopic (exact) mass is 651 g/mol. The second-order valence-corrected chi connectivity index (χ2v) is 11.8. The SMILES string of the molecule is CCCN(CCC)C(=O)c1cc(C)cc(C(=O)N[C@@H](Cc2cc(F)cc(F)c2)[C@H](O)CCNC(=O)CCCc2ccc(OC)cc2)c1. The zero-order valence-electron chi connectivity index (χ0n) is 27.8. The first kappa shape index (κ1) is 37.2. The molecule has 10 heteroatoms. The number of ether oxygens (including phenoxy) is 1. The van der Waals surface area contributed by atoms with E-state index in [1.54, 1.807) is 31.1 Å². The van der Waals surface area contributed by atoms with Gasteiger partial charge in [-0.3, -0.25) is 14.4 Å². The molecule has 47 heavy (non-hydrogen) atoms. The molecule has 0 spiro atoms. The van der Waals surface area contributed by atoms with Crippen LogP contribution in [-0.4, -0.2) is 66.6 Å². The Kier molecular flexibility index (Phi) is 14.8. The van der Waals surface area contributed by atoms with Crippen molar-refractivity contribution in [3.63, 3.8) is 0 Å². The van der Waals surface area contributed by atoms with Crippen molar-refractivity contribution in [2.45, 2.75) is 77.9 Å². The Morgan fingerprint density at radius 2 is 1.53 bits per heavy atom. The van der Waals surface area contributed by atoms with Crippen LogP contribution in [0.2, 0.25) is 0 Å². The fraction of sp³-hybridized carbons (Fsp3) is 0.432. The second kappa shape index (κ2) is 18.7. The summed E-state index contributed by atoms with van der Waals surface area (Å²) in [6.45, 7) is 7.12. The topological polar surface area (TPSA) is 108 Å². The molecule has 0 unspecified atom stereocenters. The average Bonchev–Trinajstić information content (AvgIpc) is 3.03. The van der Waals surface area contributed by atoms with Gasteiger partial charge in [-0.05, 0) is 105 Å². The summed E-state index contributed by atoms with van der Waals surface area (Å²) in [5.41, 5.74) is 2.67. The molecule has 0 aliphatic heterocycles. The molecular formula is C37H47F2N3O5. The normalized spacial score (nSPS) is 12.2. The number of hydrogen-bond donors (Lipinski definition) is 3. The Labute approximate surface area is 276 Å². The van der Waals surface area contributed by atoms with E-state index >= 15 is 0 Å². The Morgan fingerprint density at radius 1 is 0.894 bits per heavy atom. The molecule has 3 N–H and O–H groups in total. The van der Waals surface area contributed by atoms with Gasteiger partial charge in [0.1, 0.15) is 17.4 Å². The summed E-state index contributed by atoms with van der Waals surface area (Å²) < 4.78 is 33.2. The number of benzene rings is 3. The molecule has 2 atom stereocenters. The zero-order valence-corrected chi connectivity index (χ0v) is 27.8. The Morgan fingerprint density at radius 3 is 2.15 bits per heavy atom. The van der Waals surface area contributed by atoms with E-state index in [0.717, 1.165) is 48.8 Å². The predicted octanol–water partition coefficient (Wildman–Crippen LogP) is 5.78. The van der Waals surface area contributed by atoms with Gasteiger partial charge in [-0.15, -0.1) is 0 Å². The van der Waals surface area contributed by atoms with E-state index in [1.165, 1.54) is 6.07 Å². The lowest BCUT2D eigenvalue weighted by atomic mass is 9.97. The molecule has 0 aliphatic carbocycles. The van der Waals surface area contributed by atoms with Gasteiger partial charge >= 0.3 is 0 Å². The molecule has 3 amide bonds. The number of rotatable bonds is 18. The van der Waals surface area contributed by atoms with Crippen LogP contribution in [0.5, 0.6) is 5.75 Å². The van der Waals surface area contributed by atoms with Crippen molar-refractivity contribution in [1.82, 2.24) is 15.5 Å². The first-order chi connectivity index (χ1) is 22.5. The predicted molar refractivity (Wildman–Crippen MR) is 179 cm³/mol. The molecule has 3 aromatic carbocycles. The number of nitrogens with zero attached hydrogens (tertiary/aromatic N) is 1. The van der Waals surface area contributed by atoms with Crippen LogP contribution in [0.1, 0.15) is 83.4 Å². The van der Waals surface area contributed by atoms with Crippen molar-refractivity contribution in [3.05, 3.63) is 100 Å². The molecule has 0 bridgehead atoms. The summed E-state index contributed by atoms with van der Waals surface area (Å²) in [4.78, 5) is 41.0. The maximum absolute atomic E-state index is 14.0. The van der Waals surface area contributed by atoms with Gasteiger partial charge in [0.25, 0.3) is 11.8 Å². The number of amides is 3. The molecule has 0 radical (unpaired) electrons. The third-order valence-corrected chi connectivity index (χ3v) is 7.81. The smallest absolute Gasteiger partial charge is 0.253 e. The molecule has 0 aromatic heterocycles. The molecule has 8 nitrogen and oxygen atoms in total. The molecule has 0 saturated carbocycles. The number of carbonyl (C=O) groups is 3. The minimum absolute atomic E-state index is 0.0597. The number of hydrogen-bond acceptors (Lipinski definition) is 5. The molecule has 0 saturated heterocycles. The first-order valence-electron chi connectivity index (χ1n) is 16.3. The van der Waals surface area contributed by atoms with Crippen LogP contribution in [0.4, 0.5) is 8.78 Å². The molecule has 3 aromatic rings. The van der Waals surface area contributed by atoms with Crippen LogP contribution < -0.4 is 15.4 Å². The summed E-state index contributed by atoms with van der Waals surface area (Å²) in [5.74, 6) is -1.65. The number of aryl methyl sites for hydroxylation is 2. The minimum Gasteiger partial charge on any atom is -0.497 e. The maximum Gasteiger partial charge on any atom is 0.253 e. The highest BCUT2D eigenvalue weighted by Crippen LogP contribution is 2.17. The zero-order chi connectivity index (χ0) is 34.3. The molecule has 0 heterocycles. The molecular weight excluding hydrogens is 604 g/mol. The van der Waals surface area contributed by atoms with E-state index in [9.17, 15) is 28.3 Å². The van der Waals surface area contributed by atoms with Gasteiger partial charge in [-0.25, -0.2) is 8.78 Å². The third-order valence-electron chi connectivity index (χ3n) is 7.81. The maximum atomic E-state index is 14.0. The van der Waals surface area contributed by atoms with E-state index in [4.69, 9.17) is 4.74 Å². The summed E-state index contributed by atoms with van der Waals surface area (Å²) in [5, 5.41) is 16.8. The van der Waals surface area contributed by atoms with Crippen LogP contribution in [0.15, 0.2) is 60.7 Å². The number of nitrogens with one attached hydrogen (secondary N) is 2. The number of aliphatic hydroxyl groups is 1. The number of methoxy groups -OCH3 is 1. The van der Waals surface area contributed by atoms with E-state index in [2.05, 4.69) is 10.6 Å². The Balaban J connectivity index is 1.67. The van der Waals surface area contributed by atoms with Gasteiger partial charge in [-0.2, -0.15) is 0 Å². The minimum atomic E-state index is -1.15. The van der Waals surface area contributed by atoms with Gasteiger partial charge in [0.05, 0.1) is 19.3 Å². The van der Waals surface area contributed by atoms with Gasteiger partial charge in [0.15, 0.2) is 0 Å². The van der Waals surface area contributed by atoms with Crippen molar-refractivity contribution in [1.29, 1.82) is 0 Å². The van der Waals surface area contributed by atoms with Crippen molar-refractivity contribution >= 4 is 17.7 Å². The van der Waals surface area contributed by atoms with Gasteiger partial charge in [0.2, 0.25) is 5.91 Å². The third kappa shape index (κ3) is 12.1. The largest absolute Gasteiger partial charge is 0.497 e. The van der Waals surface area contributed by atoms with Crippen LogP contribution in [0.25, 0.3) is 0 Å². The highest BCUT2D eigenvalue weighted by Gasteiger charge is 2.24. The lowest BCUT2D eigenvalue weighted by Gasteiger charge is -2.25. The molecule has 0 fully saturated rings. The van der Waals surface area contributed by atoms with Crippen LogP contribution in [0.3, 0.4) is 0 Å². The first-order valence-corrected chi connectivity index (χ1v) is 16.3. The van der Waals surface area contributed by atoms with Gasteiger partial charge in [0, 0.05) is 43.2 Å². The highest BCUT2D eigenvalue weighted by atomic mass is 19.1. The molecule has 3 rings (SSSR count). The standard InChI is InChI=1S/C37H47F2N3O5/c1-5-16-42(17-6-2)37(46)29-19-25(3)18-28(23-29)36(45)41-33(22-27-20-30(38)24-31(39)21-27)34(43)14-15-40-35(44)9-7-8-26-10-12-32(47-4)13-11-26/h10-13,18-21,23-24,33-34,43H,5-9,14-17,22H2,1-4H3,(H,40,44)(H,41,45)/t33-,34+/m0/s1. The fourth-order valence-corrected chi connectivity index (χ4v) is 5.49. The van der Waals surface area contributed by atoms with E-state index in [0.29, 0.717) is 37.1 Å². The molecule has 0 aliphatic rings. The number of halogens is 2. The van der Waals surface area contributed by atoms with Gasteiger partial charge < -0.3 is 25.4 Å². The quantitative estimate of drug-likeness (QED) is 0.162. The Hall–Kier alpha value is -4.31. The second-order valence-electron chi connectivity index (χ2n) is 11.8. The van der Waals surface area contributed by atoms with Crippen molar-refractivity contribution in [2.24, 2.45) is 0 Å². The van der Waals surface area contributed by atoms with Crippen LogP contribution in [0, 0.1) is 18.6 Å². The van der Waals surface area contributed by atoms with Crippen LogP contribution in [-0.2, 0) is 17.6 Å². The molecule has 254 valence electrons. The Bertz CT molecular complexity index is 1460. The lowest BCUT2D eigenvalue weighted by Crippen LogP contribution is -2.46. The summed E-state index contributed by atoms with van der Waals surface area (Å²) in [6.07, 6.45) is 2.14. The van der Waals surface area contributed by atoms with E-state index in [-0.39, 0.29) is 42.3 Å². The van der Waals surface area contributed by atoms with Crippen molar-refractivity contribution in [3.8, 4) is 5.75 Å². The fourth-order valence-electron chi connectivity index (χ4n) is 5.49. The average molecular weight is 652 g/mol. The number of aliphatic hydroxyl groups excluding tert-OH is 1. The van der Waals surface area contributed by atoms with Crippen LogP contribution >= 0.6 is 0 Å². The van der Waals surface area contributed by atoms with Gasteiger partial charge in [-0.1, -0.05) is 26.0 Å². The van der Waals surface area contributed by atoms with Crippen molar-refractivity contribution < 1.29 is 33.0 Å². The number of carbonyl (C=O) groups excluding carboxylic acids is 3. The lowest BCUT2D eigenvalue weighted by molar-refractivity contribution is -0.121. The van der Waals surface area contributed by atoms with E-state index < -0.39 is 29.7 Å². The summed E-state index contributed by atoms with van der Waals surface area (Å²) in [6, 6.07) is 14.7. The van der Waals surface area contributed by atoms with Crippen molar-refractivity contribution in [2.75, 3.05) is 26.7 Å². The summed E-state index contributed by atoms with van der Waals surface area (Å²) in [7, 11) is 1.60.